The number of aliphatic hydroxyl groups excluding tert-OH is 1. The van der Waals surface area contributed by atoms with Gasteiger partial charge in [-0.15, -0.1) is 11.5 Å². The van der Waals surface area contributed by atoms with E-state index in [2.05, 4.69) is 28.5 Å². The summed E-state index contributed by atoms with van der Waals surface area (Å²) in [6, 6.07) is 0.0996. The molecular weight excluding hydrogens is 216 g/mol. The van der Waals surface area contributed by atoms with Gasteiger partial charge in [-0.25, -0.2) is 0 Å². The molecule has 0 aliphatic heterocycles. The lowest BCUT2D eigenvalue weighted by Crippen LogP contribution is -2.26. The van der Waals surface area contributed by atoms with Gasteiger partial charge >= 0.3 is 0 Å². The minimum Gasteiger partial charge on any atom is -0.396 e. The maximum Gasteiger partial charge on any atom is 0.0965 e. The van der Waals surface area contributed by atoms with Crippen LogP contribution in [-0.4, -0.2) is 32.7 Å². The second-order valence-corrected chi connectivity index (χ2v) is 3.94. The summed E-state index contributed by atoms with van der Waals surface area (Å²) in [6.45, 7) is 3.60. The van der Waals surface area contributed by atoms with Crippen molar-refractivity contribution in [1.82, 2.24) is 20.3 Å². The van der Waals surface area contributed by atoms with Crippen LogP contribution in [0.2, 0.25) is 0 Å². The molecule has 0 spiro atoms. The van der Waals surface area contributed by atoms with E-state index < -0.39 is 0 Å². The Kier molecular flexibility index (Phi) is 6.30. The van der Waals surface area contributed by atoms with Crippen LogP contribution in [0.1, 0.15) is 31.9 Å². The number of terminal acetylenes is 1. The third-order valence-electron chi connectivity index (χ3n) is 2.44. The summed E-state index contributed by atoms with van der Waals surface area (Å²) in [4.78, 5) is 0. The first-order valence-corrected chi connectivity index (χ1v) is 5.99. The molecule has 0 fully saturated rings. The fraction of sp³-hybridized carbons (Fsp3) is 0.667. The highest BCUT2D eigenvalue weighted by Crippen LogP contribution is 1.98. The number of rotatable bonds is 8. The van der Waals surface area contributed by atoms with Crippen molar-refractivity contribution in [2.45, 2.75) is 45.3 Å². The highest BCUT2D eigenvalue weighted by molar-refractivity contribution is 5.00. The molecule has 17 heavy (non-hydrogen) atoms. The van der Waals surface area contributed by atoms with E-state index in [-0.39, 0.29) is 12.6 Å². The Morgan fingerprint density at radius 3 is 3.12 bits per heavy atom. The van der Waals surface area contributed by atoms with Crippen LogP contribution in [0.25, 0.3) is 0 Å². The maximum atomic E-state index is 8.71. The van der Waals surface area contributed by atoms with E-state index in [4.69, 9.17) is 11.5 Å². The molecule has 5 nitrogen and oxygen atoms in total. The van der Waals surface area contributed by atoms with E-state index in [1.807, 2.05) is 6.20 Å². The van der Waals surface area contributed by atoms with Crippen LogP contribution < -0.4 is 5.32 Å². The first-order chi connectivity index (χ1) is 8.30. The van der Waals surface area contributed by atoms with E-state index >= 15 is 0 Å². The zero-order chi connectivity index (χ0) is 12.5. The monoisotopic (exact) mass is 236 g/mol. The molecule has 0 radical (unpaired) electrons. The van der Waals surface area contributed by atoms with Gasteiger partial charge < -0.3 is 5.11 Å². The topological polar surface area (TPSA) is 63.0 Å². The molecule has 94 valence electrons. The lowest BCUT2D eigenvalue weighted by Gasteiger charge is -2.09. The van der Waals surface area contributed by atoms with Crippen LogP contribution in [0.5, 0.6) is 0 Å². The van der Waals surface area contributed by atoms with Gasteiger partial charge in [-0.3, -0.25) is 10.00 Å². The zero-order valence-corrected chi connectivity index (χ0v) is 10.3. The van der Waals surface area contributed by atoms with Crippen LogP contribution in [0.4, 0.5) is 0 Å². The number of nitrogens with zero attached hydrogens (tertiary/aromatic N) is 3. The molecule has 0 amide bonds. The van der Waals surface area contributed by atoms with Crippen LogP contribution in [0, 0.1) is 12.3 Å². The standard InChI is InChI=1S/C12H20N4O/c1-3-6-11(4-2)13-9-12-10-16(15-14-12)7-5-8-17/h2,10-11,13,17H,3,5-9H2,1H3. The lowest BCUT2D eigenvalue weighted by atomic mass is 10.2. The van der Waals surface area contributed by atoms with Gasteiger partial charge in [-0.05, 0) is 12.8 Å². The predicted octanol–water partition coefficient (Wildman–Crippen LogP) is 0.552. The second-order valence-electron chi connectivity index (χ2n) is 3.94. The Balaban J connectivity index is 2.36. The predicted molar refractivity (Wildman–Crippen MR) is 66.1 cm³/mol. The fourth-order valence-corrected chi connectivity index (χ4v) is 1.52. The number of hydrogen-bond donors (Lipinski definition) is 2. The SMILES string of the molecule is C#CC(CCC)NCc1cn(CCCO)nn1. The normalized spacial score (nSPS) is 12.3. The molecule has 1 aromatic rings. The van der Waals surface area contributed by atoms with Crippen molar-refractivity contribution in [3.05, 3.63) is 11.9 Å². The quantitative estimate of drug-likeness (QED) is 0.647. The number of hydrogen-bond acceptors (Lipinski definition) is 4. The molecule has 0 aliphatic rings. The van der Waals surface area contributed by atoms with Crippen molar-refractivity contribution in [3.63, 3.8) is 0 Å². The molecule has 0 aliphatic carbocycles. The Bertz CT molecular complexity index is 356. The van der Waals surface area contributed by atoms with Gasteiger partial charge in [0.05, 0.1) is 11.7 Å². The summed E-state index contributed by atoms with van der Waals surface area (Å²) in [5.74, 6) is 2.72. The number of nitrogens with one attached hydrogen (secondary N) is 1. The summed E-state index contributed by atoms with van der Waals surface area (Å²) in [7, 11) is 0. The third kappa shape index (κ3) is 4.98. The van der Waals surface area contributed by atoms with Crippen LogP contribution in [0.15, 0.2) is 6.20 Å². The average molecular weight is 236 g/mol. The van der Waals surface area contributed by atoms with Gasteiger partial charge in [0.25, 0.3) is 0 Å². The largest absolute Gasteiger partial charge is 0.396 e. The molecular formula is C12H20N4O. The number of aromatic nitrogens is 3. The molecule has 1 atom stereocenters. The molecule has 0 saturated carbocycles. The van der Waals surface area contributed by atoms with Gasteiger partial charge in [-0.1, -0.05) is 24.5 Å². The molecule has 0 aromatic carbocycles. The average Bonchev–Trinajstić information content (AvgIpc) is 2.80. The molecule has 5 heteroatoms. The van der Waals surface area contributed by atoms with E-state index in [0.717, 1.165) is 18.5 Å². The summed E-state index contributed by atoms with van der Waals surface area (Å²) < 4.78 is 1.73. The van der Waals surface area contributed by atoms with Crippen molar-refractivity contribution in [2.24, 2.45) is 0 Å². The Hall–Kier alpha value is -1.38. The number of aryl methyl sites for hydroxylation is 1. The van der Waals surface area contributed by atoms with Crippen molar-refractivity contribution in [1.29, 1.82) is 0 Å². The van der Waals surface area contributed by atoms with Crippen molar-refractivity contribution in [2.75, 3.05) is 6.61 Å². The van der Waals surface area contributed by atoms with Gasteiger partial charge in [-0.2, -0.15) is 0 Å². The highest BCUT2D eigenvalue weighted by Gasteiger charge is 2.05. The van der Waals surface area contributed by atoms with Crippen molar-refractivity contribution < 1.29 is 5.11 Å². The third-order valence-corrected chi connectivity index (χ3v) is 2.44. The first kappa shape index (κ1) is 13.7. The van der Waals surface area contributed by atoms with Gasteiger partial charge in [0.1, 0.15) is 0 Å². The summed E-state index contributed by atoms with van der Waals surface area (Å²) in [6.07, 6.45) is 10.0. The fourth-order valence-electron chi connectivity index (χ4n) is 1.52. The Morgan fingerprint density at radius 1 is 1.65 bits per heavy atom. The van der Waals surface area contributed by atoms with Crippen molar-refractivity contribution >= 4 is 0 Å². The van der Waals surface area contributed by atoms with E-state index in [1.54, 1.807) is 4.68 Å². The zero-order valence-electron chi connectivity index (χ0n) is 10.3. The summed E-state index contributed by atoms with van der Waals surface area (Å²) >= 11 is 0. The lowest BCUT2D eigenvalue weighted by molar-refractivity contribution is 0.276. The minimum atomic E-state index is 0.0996. The molecule has 1 heterocycles. The number of aliphatic hydroxyl groups is 1. The summed E-state index contributed by atoms with van der Waals surface area (Å²) in [5.41, 5.74) is 0.874. The van der Waals surface area contributed by atoms with Crippen LogP contribution in [0.3, 0.4) is 0 Å². The maximum absolute atomic E-state index is 8.71. The van der Waals surface area contributed by atoms with Gasteiger partial charge in [0, 0.05) is 25.9 Å². The van der Waals surface area contributed by atoms with Gasteiger partial charge in [0.2, 0.25) is 0 Å². The second kappa shape index (κ2) is 7.82. The molecule has 0 saturated heterocycles. The summed E-state index contributed by atoms with van der Waals surface area (Å²) in [5, 5.41) is 20.0. The van der Waals surface area contributed by atoms with E-state index in [1.165, 1.54) is 0 Å². The molecule has 1 unspecified atom stereocenters. The van der Waals surface area contributed by atoms with Gasteiger partial charge in [0.15, 0.2) is 0 Å². The molecule has 2 N–H and O–H groups in total. The first-order valence-electron chi connectivity index (χ1n) is 5.99. The Labute approximate surface area is 102 Å². The van der Waals surface area contributed by atoms with Crippen molar-refractivity contribution in [3.8, 4) is 12.3 Å². The highest BCUT2D eigenvalue weighted by atomic mass is 16.3. The molecule has 0 bridgehead atoms. The molecule has 1 rings (SSSR count). The smallest absolute Gasteiger partial charge is 0.0965 e. The molecule has 1 aromatic heterocycles. The van der Waals surface area contributed by atoms with E-state index in [9.17, 15) is 0 Å². The Morgan fingerprint density at radius 2 is 2.47 bits per heavy atom. The van der Waals surface area contributed by atoms with E-state index in [0.29, 0.717) is 19.5 Å². The van der Waals surface area contributed by atoms with Crippen LogP contribution in [-0.2, 0) is 13.1 Å². The van der Waals surface area contributed by atoms with Crippen LogP contribution >= 0.6 is 0 Å². The minimum absolute atomic E-state index is 0.0996.